The van der Waals surface area contributed by atoms with E-state index in [2.05, 4.69) is 30.3 Å². The Labute approximate surface area is 310 Å². The monoisotopic (exact) mass is 772 g/mol. The molecule has 280 valence electrons. The molecule has 0 amide bonds. The normalized spacial score (nSPS) is 13.7. The molecule has 1 saturated carbocycles. The van der Waals surface area contributed by atoms with Crippen molar-refractivity contribution in [3.05, 3.63) is 96.2 Å². The number of sulfonamides is 1. The highest BCUT2D eigenvalue weighted by molar-refractivity contribution is 7.90. The number of benzene rings is 3. The van der Waals surface area contributed by atoms with Gasteiger partial charge in [0.2, 0.25) is 15.9 Å². The van der Waals surface area contributed by atoms with Crippen LogP contribution in [0.2, 0.25) is 0 Å². The predicted molar refractivity (Wildman–Crippen MR) is 202 cm³/mol. The smallest absolute Gasteiger partial charge is 0.296 e. The lowest BCUT2D eigenvalue weighted by Gasteiger charge is -2.22. The lowest BCUT2D eigenvalue weighted by Crippen LogP contribution is -2.21. The zero-order valence-corrected chi connectivity index (χ0v) is 30.7. The van der Waals surface area contributed by atoms with Crippen LogP contribution in [0.15, 0.2) is 84.1 Å². The first-order valence-electron chi connectivity index (χ1n) is 16.6. The number of nitrogens with two attached hydrogens (primary N) is 2. The van der Waals surface area contributed by atoms with Crippen LogP contribution in [0.25, 0.3) is 21.8 Å². The Balaban J connectivity index is 1.15. The standard InChI is InChI=1S/C35H36N10O7S2/c1-50-29-13-25-27(15-30(29)51-2)42-31(43-35(25)44-33(21-5-6-21)22-7-9-23(10-8-22)45-54(37,48)49)18-52-32-14-26-28(17-38-32)40-19-41-34(26)39-16-20-3-11-24(12-4-20)53(36,46)47/h3-4,7-15,17,19,21,33,45H,5-6,16,18H2,1-2H3,(H2,36,46,47)(H2,37,48,49)(H,39,40,41)(H,42,43,44). The Morgan fingerprint density at radius 3 is 2.19 bits per heavy atom. The molecule has 1 fully saturated rings. The highest BCUT2D eigenvalue weighted by atomic mass is 32.2. The number of fused-ring (bicyclic) bond motifs is 2. The second kappa shape index (κ2) is 14.9. The van der Waals surface area contributed by atoms with Gasteiger partial charge in [-0.05, 0) is 60.2 Å². The van der Waals surface area contributed by atoms with Crippen LogP contribution < -0.4 is 39.8 Å². The van der Waals surface area contributed by atoms with Crippen molar-refractivity contribution >= 4 is 59.4 Å². The Morgan fingerprint density at radius 1 is 0.815 bits per heavy atom. The largest absolute Gasteiger partial charge is 0.493 e. The quantitative estimate of drug-likeness (QED) is 0.0990. The summed E-state index contributed by atoms with van der Waals surface area (Å²) in [6.07, 6.45) is 5.00. The number of primary sulfonamides is 1. The van der Waals surface area contributed by atoms with Crippen LogP contribution in [0, 0.1) is 5.92 Å². The maximum atomic E-state index is 11.6. The number of anilines is 3. The van der Waals surface area contributed by atoms with Crippen LogP contribution >= 0.6 is 0 Å². The maximum absolute atomic E-state index is 11.6. The molecule has 1 aliphatic rings. The third-order valence-corrected chi connectivity index (χ3v) is 10.2. The van der Waals surface area contributed by atoms with Crippen molar-refractivity contribution in [1.29, 1.82) is 0 Å². The molecule has 0 spiro atoms. The summed E-state index contributed by atoms with van der Waals surface area (Å²) in [5.41, 5.74) is 3.28. The number of ether oxygens (including phenoxy) is 3. The van der Waals surface area contributed by atoms with Crippen LogP contribution in [0.1, 0.15) is 35.8 Å². The van der Waals surface area contributed by atoms with E-state index in [9.17, 15) is 16.8 Å². The van der Waals surface area contributed by atoms with E-state index in [4.69, 9.17) is 34.5 Å². The van der Waals surface area contributed by atoms with Gasteiger partial charge in [-0.1, -0.05) is 24.3 Å². The van der Waals surface area contributed by atoms with Crippen molar-refractivity contribution in [3.63, 3.8) is 0 Å². The fraction of sp³-hybridized carbons (Fsp3) is 0.229. The summed E-state index contributed by atoms with van der Waals surface area (Å²) in [5, 5.41) is 18.6. The average Bonchev–Trinajstić information content (AvgIpc) is 4.00. The molecule has 0 aliphatic heterocycles. The Hall–Kier alpha value is -5.89. The molecule has 0 bridgehead atoms. The zero-order chi connectivity index (χ0) is 38.0. The minimum atomic E-state index is -3.91. The van der Waals surface area contributed by atoms with Crippen LogP contribution in [0.4, 0.5) is 17.3 Å². The topological polar surface area (TPSA) is 249 Å². The van der Waals surface area contributed by atoms with E-state index < -0.39 is 20.2 Å². The molecular formula is C35H36N10O7S2. The van der Waals surface area contributed by atoms with Gasteiger partial charge in [0.1, 0.15) is 24.6 Å². The molecule has 17 nitrogen and oxygen atoms in total. The predicted octanol–water partition coefficient (Wildman–Crippen LogP) is 4.00. The third-order valence-electron chi connectivity index (χ3n) is 8.72. The van der Waals surface area contributed by atoms with E-state index in [1.165, 1.54) is 18.5 Å². The van der Waals surface area contributed by atoms with Gasteiger partial charge in [0.15, 0.2) is 17.3 Å². The zero-order valence-electron chi connectivity index (χ0n) is 29.1. The van der Waals surface area contributed by atoms with E-state index in [-0.39, 0.29) is 23.4 Å². The number of pyridine rings is 1. The highest BCUT2D eigenvalue weighted by Crippen LogP contribution is 2.44. The number of methoxy groups -OCH3 is 2. The van der Waals surface area contributed by atoms with E-state index in [0.29, 0.717) is 68.9 Å². The van der Waals surface area contributed by atoms with Crippen LogP contribution in [-0.2, 0) is 33.4 Å². The van der Waals surface area contributed by atoms with Gasteiger partial charge in [-0.3, -0.25) is 4.72 Å². The first-order valence-corrected chi connectivity index (χ1v) is 19.6. The molecule has 3 aromatic heterocycles. The van der Waals surface area contributed by atoms with E-state index >= 15 is 0 Å². The van der Waals surface area contributed by atoms with E-state index in [1.54, 1.807) is 56.8 Å². The minimum Gasteiger partial charge on any atom is -0.493 e. The average molecular weight is 773 g/mol. The second-order valence-electron chi connectivity index (χ2n) is 12.5. The Bertz CT molecular complexity index is 2560. The Kier molecular flexibility index (Phi) is 10.0. The summed E-state index contributed by atoms with van der Waals surface area (Å²) < 4.78 is 65.9. The van der Waals surface area contributed by atoms with Crippen molar-refractivity contribution in [2.24, 2.45) is 16.2 Å². The number of rotatable bonds is 15. The highest BCUT2D eigenvalue weighted by Gasteiger charge is 2.33. The number of nitrogens with zero attached hydrogens (tertiary/aromatic N) is 5. The van der Waals surface area contributed by atoms with Crippen molar-refractivity contribution in [3.8, 4) is 17.4 Å². The summed E-state index contributed by atoms with van der Waals surface area (Å²) >= 11 is 0. The summed E-state index contributed by atoms with van der Waals surface area (Å²) in [4.78, 5) is 22.9. The number of hydrogen-bond acceptors (Lipinski definition) is 14. The van der Waals surface area contributed by atoms with Crippen LogP contribution in [-0.4, -0.2) is 56.0 Å². The van der Waals surface area contributed by atoms with Crippen molar-refractivity contribution in [1.82, 2.24) is 24.9 Å². The fourth-order valence-corrected chi connectivity index (χ4v) is 6.91. The minimum absolute atomic E-state index is 0.0267. The van der Waals surface area contributed by atoms with Gasteiger partial charge >= 0.3 is 0 Å². The molecule has 7 rings (SSSR count). The van der Waals surface area contributed by atoms with E-state index in [0.717, 1.165) is 24.0 Å². The molecule has 3 aromatic carbocycles. The molecule has 7 N–H and O–H groups in total. The second-order valence-corrected chi connectivity index (χ2v) is 15.4. The van der Waals surface area contributed by atoms with E-state index in [1.807, 2.05) is 18.2 Å². The summed E-state index contributed by atoms with van der Waals surface area (Å²) in [5.74, 6) is 3.05. The SMILES string of the molecule is COc1cc2nc(COc3cc4c(NCc5ccc(S(N)(=O)=O)cc5)ncnc4cn3)nc(NC(c3ccc(NS(N)(=O)=O)cc3)C3CC3)c2cc1OC. The summed E-state index contributed by atoms with van der Waals surface area (Å²) in [6, 6.07) is 18.4. The summed E-state index contributed by atoms with van der Waals surface area (Å²) in [6.45, 7) is 0.315. The molecule has 1 atom stereocenters. The van der Waals surface area contributed by atoms with Crippen LogP contribution in [0.5, 0.6) is 17.4 Å². The lowest BCUT2D eigenvalue weighted by molar-refractivity contribution is 0.285. The maximum Gasteiger partial charge on any atom is 0.296 e. The molecule has 6 aromatic rings. The number of hydrogen-bond donors (Lipinski definition) is 5. The van der Waals surface area contributed by atoms with Gasteiger partial charge in [-0.2, -0.15) is 8.42 Å². The molecule has 1 aliphatic carbocycles. The molecule has 3 heterocycles. The molecule has 1 unspecified atom stereocenters. The molecular weight excluding hydrogens is 737 g/mol. The molecule has 19 heteroatoms. The van der Waals surface area contributed by atoms with Gasteiger partial charge in [0, 0.05) is 35.1 Å². The molecule has 0 radical (unpaired) electrons. The molecule has 54 heavy (non-hydrogen) atoms. The third kappa shape index (κ3) is 8.49. The van der Waals surface area contributed by atoms with Gasteiger partial charge in [0.25, 0.3) is 10.2 Å². The first kappa shape index (κ1) is 36.5. The van der Waals surface area contributed by atoms with Gasteiger partial charge < -0.3 is 24.8 Å². The molecule has 0 saturated heterocycles. The number of aromatic nitrogens is 5. The van der Waals surface area contributed by atoms with Crippen molar-refractivity contribution in [2.75, 3.05) is 29.6 Å². The summed E-state index contributed by atoms with van der Waals surface area (Å²) in [7, 11) is -4.60. The van der Waals surface area contributed by atoms with Crippen molar-refractivity contribution in [2.45, 2.75) is 36.9 Å². The lowest BCUT2D eigenvalue weighted by atomic mass is 10.0. The van der Waals surface area contributed by atoms with Gasteiger partial charge in [-0.15, -0.1) is 0 Å². The van der Waals surface area contributed by atoms with Gasteiger partial charge in [0.05, 0.1) is 42.4 Å². The van der Waals surface area contributed by atoms with Crippen molar-refractivity contribution < 1.29 is 31.0 Å². The fourth-order valence-electron chi connectivity index (χ4n) is 5.93. The van der Waals surface area contributed by atoms with Crippen LogP contribution in [0.3, 0.4) is 0 Å². The van der Waals surface area contributed by atoms with Gasteiger partial charge in [-0.25, -0.2) is 43.6 Å². The Morgan fingerprint density at radius 2 is 1.52 bits per heavy atom. The first-order chi connectivity index (χ1) is 25.9. The number of nitrogens with one attached hydrogen (secondary N) is 3.